The minimum atomic E-state index is -4.76. The molecule has 1 aromatic heterocycles. The van der Waals surface area contributed by atoms with Gasteiger partial charge in [-0.15, -0.1) is 13.2 Å². The van der Waals surface area contributed by atoms with Crippen LogP contribution in [0, 0.1) is 0 Å². The van der Waals surface area contributed by atoms with Gasteiger partial charge in [0.1, 0.15) is 17.2 Å². The van der Waals surface area contributed by atoms with Crippen molar-refractivity contribution in [3.63, 3.8) is 0 Å². The fraction of sp³-hybridized carbons (Fsp3) is 0.0625. The molecule has 0 bridgehead atoms. The first kappa shape index (κ1) is 15.7. The first-order chi connectivity index (χ1) is 11.3. The van der Waals surface area contributed by atoms with E-state index >= 15 is 0 Å². The Kier molecular flexibility index (Phi) is 3.80. The highest BCUT2D eigenvalue weighted by atomic mass is 19.4. The molecule has 0 fully saturated rings. The van der Waals surface area contributed by atoms with Gasteiger partial charge in [-0.25, -0.2) is 4.79 Å². The van der Waals surface area contributed by atoms with E-state index in [1.54, 1.807) is 12.1 Å². The van der Waals surface area contributed by atoms with Gasteiger partial charge in [0.2, 0.25) is 0 Å². The molecular formula is C16H10F3NO4. The number of hydrogen-bond acceptors (Lipinski definition) is 3. The zero-order chi connectivity index (χ0) is 17.3. The number of nitrogens with one attached hydrogen (secondary N) is 1. The lowest BCUT2D eigenvalue weighted by molar-refractivity contribution is -0.274. The summed E-state index contributed by atoms with van der Waals surface area (Å²) < 4.78 is 45.6. The number of carboxylic acids is 1. The molecule has 0 atom stereocenters. The molecule has 0 unspecified atom stereocenters. The predicted molar refractivity (Wildman–Crippen MR) is 78.5 cm³/mol. The van der Waals surface area contributed by atoms with Crippen molar-refractivity contribution in [1.82, 2.24) is 4.98 Å². The summed E-state index contributed by atoms with van der Waals surface area (Å²) in [5.74, 6) is -0.790. The fourth-order valence-corrected chi connectivity index (χ4v) is 2.19. The number of H-pyrrole nitrogens is 1. The number of aromatic amines is 1. The van der Waals surface area contributed by atoms with Crippen molar-refractivity contribution in [2.24, 2.45) is 0 Å². The zero-order valence-electron chi connectivity index (χ0n) is 11.9. The standard InChI is InChI=1S/C16H10F3NO4/c17-16(18,19)24-10-3-1-9(2-4-10)23-11-5-6-14-12(7-11)13(8-20-14)15(21)22/h1-8,20H,(H,21,22). The third-order valence-corrected chi connectivity index (χ3v) is 3.18. The molecule has 24 heavy (non-hydrogen) atoms. The maximum absolute atomic E-state index is 12.1. The van der Waals surface area contributed by atoms with E-state index in [0.717, 1.165) is 12.1 Å². The number of alkyl halides is 3. The molecule has 0 radical (unpaired) electrons. The Labute approximate surface area is 133 Å². The molecule has 1 heterocycles. The van der Waals surface area contributed by atoms with Crippen LogP contribution >= 0.6 is 0 Å². The molecule has 0 aliphatic rings. The van der Waals surface area contributed by atoms with Gasteiger partial charge in [0.25, 0.3) is 0 Å². The Morgan fingerprint density at radius 3 is 2.25 bits per heavy atom. The average Bonchev–Trinajstić information content (AvgIpc) is 2.91. The van der Waals surface area contributed by atoms with Gasteiger partial charge >= 0.3 is 12.3 Å². The molecule has 0 aliphatic heterocycles. The lowest BCUT2D eigenvalue weighted by Crippen LogP contribution is -2.16. The fourth-order valence-electron chi connectivity index (χ4n) is 2.19. The highest BCUT2D eigenvalue weighted by molar-refractivity contribution is 6.03. The van der Waals surface area contributed by atoms with Crippen LogP contribution in [0.3, 0.4) is 0 Å². The van der Waals surface area contributed by atoms with Gasteiger partial charge in [0.05, 0.1) is 5.56 Å². The van der Waals surface area contributed by atoms with Gasteiger partial charge in [0.15, 0.2) is 0 Å². The monoisotopic (exact) mass is 337 g/mol. The summed E-state index contributed by atoms with van der Waals surface area (Å²) in [4.78, 5) is 14.0. The number of fused-ring (bicyclic) bond motifs is 1. The summed E-state index contributed by atoms with van der Waals surface area (Å²) in [5.41, 5.74) is 0.734. The Balaban J connectivity index is 1.82. The summed E-state index contributed by atoms with van der Waals surface area (Å²) in [5, 5.41) is 9.58. The van der Waals surface area contributed by atoms with Crippen LogP contribution in [-0.4, -0.2) is 22.4 Å². The number of aromatic carboxylic acids is 1. The van der Waals surface area contributed by atoms with Crippen LogP contribution < -0.4 is 9.47 Å². The van der Waals surface area contributed by atoms with Crippen LogP contribution in [0.4, 0.5) is 13.2 Å². The van der Waals surface area contributed by atoms with E-state index in [0.29, 0.717) is 16.7 Å². The van der Waals surface area contributed by atoms with E-state index < -0.39 is 12.3 Å². The van der Waals surface area contributed by atoms with Crippen molar-refractivity contribution in [3.8, 4) is 17.2 Å². The minimum absolute atomic E-state index is 0.101. The maximum Gasteiger partial charge on any atom is 0.573 e. The van der Waals surface area contributed by atoms with Gasteiger partial charge in [0, 0.05) is 17.1 Å². The van der Waals surface area contributed by atoms with Gasteiger partial charge < -0.3 is 19.6 Å². The van der Waals surface area contributed by atoms with Crippen LogP contribution in [0.5, 0.6) is 17.2 Å². The molecule has 124 valence electrons. The quantitative estimate of drug-likeness (QED) is 0.732. The summed E-state index contributed by atoms with van der Waals surface area (Å²) in [6, 6.07) is 9.69. The number of aromatic nitrogens is 1. The number of carbonyl (C=O) groups is 1. The molecule has 0 amide bonds. The van der Waals surface area contributed by atoms with E-state index in [1.807, 2.05) is 0 Å². The second kappa shape index (κ2) is 5.80. The number of hydrogen-bond donors (Lipinski definition) is 2. The highest BCUT2D eigenvalue weighted by Gasteiger charge is 2.30. The van der Waals surface area contributed by atoms with E-state index in [4.69, 9.17) is 9.84 Å². The second-order valence-corrected chi connectivity index (χ2v) is 4.84. The number of benzene rings is 2. The summed E-state index contributed by atoms with van der Waals surface area (Å²) in [6.45, 7) is 0. The van der Waals surface area contributed by atoms with Crippen molar-refractivity contribution >= 4 is 16.9 Å². The third-order valence-electron chi connectivity index (χ3n) is 3.18. The second-order valence-electron chi connectivity index (χ2n) is 4.84. The molecule has 2 aromatic carbocycles. The molecule has 3 aromatic rings. The number of ether oxygens (including phenoxy) is 2. The van der Waals surface area contributed by atoms with Crippen LogP contribution in [0.25, 0.3) is 10.9 Å². The van der Waals surface area contributed by atoms with Crippen LogP contribution in [-0.2, 0) is 0 Å². The number of halogens is 3. The molecule has 0 saturated heterocycles. The topological polar surface area (TPSA) is 71.5 Å². The van der Waals surface area contributed by atoms with Crippen molar-refractivity contribution in [2.45, 2.75) is 6.36 Å². The summed E-state index contributed by atoms with van der Waals surface area (Å²) >= 11 is 0. The molecule has 8 heteroatoms. The third kappa shape index (κ3) is 3.43. The van der Waals surface area contributed by atoms with Gasteiger partial charge in [-0.3, -0.25) is 0 Å². The first-order valence-electron chi connectivity index (χ1n) is 6.70. The van der Waals surface area contributed by atoms with Gasteiger partial charge in [-0.2, -0.15) is 0 Å². The van der Waals surface area contributed by atoms with Crippen molar-refractivity contribution in [3.05, 3.63) is 54.2 Å². The Morgan fingerprint density at radius 1 is 1.00 bits per heavy atom. The van der Waals surface area contributed by atoms with Gasteiger partial charge in [-0.1, -0.05) is 0 Å². The summed E-state index contributed by atoms with van der Waals surface area (Å²) in [6.07, 6.45) is -3.38. The van der Waals surface area contributed by atoms with E-state index in [2.05, 4.69) is 9.72 Å². The predicted octanol–water partition coefficient (Wildman–Crippen LogP) is 4.56. The van der Waals surface area contributed by atoms with Crippen LogP contribution in [0.15, 0.2) is 48.7 Å². The Morgan fingerprint density at radius 2 is 1.62 bits per heavy atom. The van der Waals surface area contributed by atoms with Crippen molar-refractivity contribution < 1.29 is 32.5 Å². The molecule has 3 rings (SSSR count). The normalized spacial score (nSPS) is 11.5. The first-order valence-corrected chi connectivity index (χ1v) is 6.70. The lowest BCUT2D eigenvalue weighted by Gasteiger charge is -2.10. The minimum Gasteiger partial charge on any atom is -0.478 e. The molecule has 0 saturated carbocycles. The number of carboxylic acid groups (broad SMARTS) is 1. The van der Waals surface area contributed by atoms with Crippen LogP contribution in [0.1, 0.15) is 10.4 Å². The zero-order valence-corrected chi connectivity index (χ0v) is 11.9. The largest absolute Gasteiger partial charge is 0.573 e. The molecule has 0 spiro atoms. The molecule has 5 nitrogen and oxygen atoms in total. The van der Waals surface area contributed by atoms with Crippen molar-refractivity contribution in [2.75, 3.05) is 0 Å². The lowest BCUT2D eigenvalue weighted by atomic mass is 10.1. The highest BCUT2D eigenvalue weighted by Crippen LogP contribution is 2.29. The average molecular weight is 337 g/mol. The van der Waals surface area contributed by atoms with Crippen molar-refractivity contribution in [1.29, 1.82) is 0 Å². The van der Waals surface area contributed by atoms with E-state index in [1.165, 1.54) is 24.4 Å². The Bertz CT molecular complexity index is 884. The molecule has 0 aliphatic carbocycles. The SMILES string of the molecule is O=C(O)c1c[nH]c2ccc(Oc3ccc(OC(F)(F)F)cc3)cc12. The smallest absolute Gasteiger partial charge is 0.478 e. The molecule has 2 N–H and O–H groups in total. The number of rotatable bonds is 4. The summed E-state index contributed by atoms with van der Waals surface area (Å²) in [7, 11) is 0. The molecular weight excluding hydrogens is 327 g/mol. The van der Waals surface area contributed by atoms with E-state index in [-0.39, 0.29) is 17.1 Å². The van der Waals surface area contributed by atoms with Crippen LogP contribution in [0.2, 0.25) is 0 Å². The van der Waals surface area contributed by atoms with Gasteiger partial charge in [-0.05, 0) is 42.5 Å². The Hall–Kier alpha value is -3.16. The van der Waals surface area contributed by atoms with E-state index in [9.17, 15) is 18.0 Å². The maximum atomic E-state index is 12.1.